The molecular formula is C18H36IN. The standard InChI is InChI=1S/C14H24IN.2C2H6/c1-8-12(14(6,7)16-15)10-9-11(2)13(3,4)5;2*1-2/h8-10,16H,1H2,2-7H3;2*1-2H3/b11-9+,12-10+;;. The van der Waals surface area contributed by atoms with Crippen molar-refractivity contribution in [3.8, 4) is 0 Å². The van der Waals surface area contributed by atoms with E-state index in [-0.39, 0.29) is 11.0 Å². The number of nitrogens with one attached hydrogen (secondary N) is 1. The van der Waals surface area contributed by atoms with Crippen LogP contribution in [0.3, 0.4) is 0 Å². The second kappa shape index (κ2) is 12.6. The van der Waals surface area contributed by atoms with E-state index in [0.29, 0.717) is 0 Å². The Bertz CT molecular complexity index is 304. The van der Waals surface area contributed by atoms with Gasteiger partial charge in [-0.1, -0.05) is 78.8 Å². The Balaban J connectivity index is -0.000000656. The Morgan fingerprint density at radius 3 is 1.60 bits per heavy atom. The van der Waals surface area contributed by atoms with E-state index < -0.39 is 0 Å². The molecule has 0 aromatic carbocycles. The van der Waals surface area contributed by atoms with Gasteiger partial charge in [0.1, 0.15) is 0 Å². The molecule has 0 radical (unpaired) electrons. The van der Waals surface area contributed by atoms with Crippen LogP contribution in [0.15, 0.2) is 36.0 Å². The van der Waals surface area contributed by atoms with Gasteiger partial charge in [-0.25, -0.2) is 0 Å². The zero-order valence-corrected chi connectivity index (χ0v) is 17.5. The lowest BCUT2D eigenvalue weighted by atomic mass is 9.86. The molecule has 0 aliphatic heterocycles. The van der Waals surface area contributed by atoms with Crippen molar-refractivity contribution in [1.29, 1.82) is 0 Å². The van der Waals surface area contributed by atoms with Gasteiger partial charge in [0.05, 0.1) is 0 Å². The van der Waals surface area contributed by atoms with Crippen LogP contribution >= 0.6 is 22.9 Å². The summed E-state index contributed by atoms with van der Waals surface area (Å²) >= 11 is 2.18. The van der Waals surface area contributed by atoms with Crippen LogP contribution in [-0.2, 0) is 0 Å². The molecule has 1 N–H and O–H groups in total. The SMILES string of the molecule is C=C/C(=C\C=C(/C)C(C)(C)C)C(C)(C)NI.CC.CC. The van der Waals surface area contributed by atoms with Crippen LogP contribution in [0.5, 0.6) is 0 Å². The summed E-state index contributed by atoms with van der Waals surface area (Å²) in [5.74, 6) is 0. The van der Waals surface area contributed by atoms with E-state index in [0.717, 1.165) is 0 Å². The van der Waals surface area contributed by atoms with Gasteiger partial charge in [-0.2, -0.15) is 0 Å². The van der Waals surface area contributed by atoms with Crippen molar-refractivity contribution >= 4 is 22.9 Å². The minimum absolute atomic E-state index is 0.0447. The predicted octanol–water partition coefficient (Wildman–Crippen LogP) is 6.86. The van der Waals surface area contributed by atoms with Crippen molar-refractivity contribution < 1.29 is 0 Å². The van der Waals surface area contributed by atoms with Gasteiger partial charge in [0.15, 0.2) is 0 Å². The van der Waals surface area contributed by atoms with E-state index in [4.69, 9.17) is 0 Å². The normalized spacial score (nSPS) is 12.8. The summed E-state index contributed by atoms with van der Waals surface area (Å²) in [6.07, 6.45) is 6.25. The summed E-state index contributed by atoms with van der Waals surface area (Å²) in [4.78, 5) is 0. The van der Waals surface area contributed by atoms with Gasteiger partial charge in [-0.05, 0) is 31.8 Å². The maximum atomic E-state index is 3.87. The lowest BCUT2D eigenvalue weighted by molar-refractivity contribution is 0.504. The van der Waals surface area contributed by atoms with Crippen LogP contribution in [0.4, 0.5) is 0 Å². The van der Waals surface area contributed by atoms with Crippen LogP contribution < -0.4 is 3.53 Å². The molecule has 1 nitrogen and oxygen atoms in total. The summed E-state index contributed by atoms with van der Waals surface area (Å²) in [6, 6.07) is 0. The monoisotopic (exact) mass is 393 g/mol. The summed E-state index contributed by atoms with van der Waals surface area (Å²) in [7, 11) is 0. The first-order valence-corrected chi connectivity index (χ1v) is 8.63. The first-order valence-electron chi connectivity index (χ1n) is 7.55. The average Bonchev–Trinajstić information content (AvgIpc) is 2.42. The molecule has 0 saturated carbocycles. The molecule has 0 spiro atoms. The largest absolute Gasteiger partial charge is 0.251 e. The predicted molar refractivity (Wildman–Crippen MR) is 105 cm³/mol. The second-order valence-electron chi connectivity index (χ2n) is 5.65. The number of halogens is 1. The van der Waals surface area contributed by atoms with E-state index in [2.05, 4.69) is 86.7 Å². The topological polar surface area (TPSA) is 12.0 Å². The highest BCUT2D eigenvalue weighted by molar-refractivity contribution is 14.1. The van der Waals surface area contributed by atoms with Crippen LogP contribution in [0.1, 0.15) is 69.2 Å². The molecule has 0 fully saturated rings. The van der Waals surface area contributed by atoms with Gasteiger partial charge in [0.25, 0.3) is 0 Å². The maximum absolute atomic E-state index is 3.87. The number of allylic oxidation sites excluding steroid dienone is 3. The number of rotatable bonds is 4. The molecule has 0 saturated heterocycles. The quantitative estimate of drug-likeness (QED) is 0.312. The van der Waals surface area contributed by atoms with E-state index in [1.807, 2.05) is 33.8 Å². The molecule has 0 aliphatic rings. The molecule has 0 bridgehead atoms. The van der Waals surface area contributed by atoms with Crippen molar-refractivity contribution in [3.05, 3.63) is 36.0 Å². The fourth-order valence-electron chi connectivity index (χ4n) is 1.05. The minimum atomic E-state index is -0.0447. The molecule has 120 valence electrons. The van der Waals surface area contributed by atoms with E-state index in [9.17, 15) is 0 Å². The Morgan fingerprint density at radius 1 is 0.950 bits per heavy atom. The molecule has 0 aromatic heterocycles. The molecule has 2 heteroatoms. The molecule has 0 aliphatic carbocycles. The highest BCUT2D eigenvalue weighted by Crippen LogP contribution is 2.25. The minimum Gasteiger partial charge on any atom is -0.251 e. The number of hydrogen-bond donors (Lipinski definition) is 1. The lowest BCUT2D eigenvalue weighted by Gasteiger charge is -2.24. The molecular weight excluding hydrogens is 357 g/mol. The fraction of sp³-hybridized carbons (Fsp3) is 0.667. The zero-order chi connectivity index (χ0) is 17.0. The fourth-order valence-corrected chi connectivity index (χ4v) is 1.36. The van der Waals surface area contributed by atoms with E-state index >= 15 is 0 Å². The van der Waals surface area contributed by atoms with Gasteiger partial charge in [0.2, 0.25) is 0 Å². The first-order chi connectivity index (χ1) is 9.15. The van der Waals surface area contributed by atoms with Gasteiger partial charge in [-0.3, -0.25) is 3.53 Å². The third kappa shape index (κ3) is 10.7. The maximum Gasteiger partial charge on any atom is 0.0467 e. The van der Waals surface area contributed by atoms with Crippen LogP contribution in [0, 0.1) is 5.41 Å². The zero-order valence-electron chi connectivity index (χ0n) is 15.3. The molecule has 0 aromatic rings. The molecule has 0 amide bonds. The van der Waals surface area contributed by atoms with Gasteiger partial charge in [0, 0.05) is 28.4 Å². The van der Waals surface area contributed by atoms with E-state index in [1.54, 1.807) is 0 Å². The summed E-state index contributed by atoms with van der Waals surface area (Å²) in [6.45, 7) is 25.0. The Kier molecular flexibility index (Phi) is 15.7. The molecule has 20 heavy (non-hydrogen) atoms. The molecule has 0 rings (SSSR count). The highest BCUT2D eigenvalue weighted by Gasteiger charge is 2.19. The van der Waals surface area contributed by atoms with Crippen molar-refractivity contribution in [1.82, 2.24) is 3.53 Å². The average molecular weight is 393 g/mol. The summed E-state index contributed by atoms with van der Waals surface area (Å²) < 4.78 is 3.26. The van der Waals surface area contributed by atoms with E-state index in [1.165, 1.54) is 11.1 Å². The third-order valence-electron chi connectivity index (χ3n) is 2.87. The third-order valence-corrected chi connectivity index (χ3v) is 4.22. The van der Waals surface area contributed by atoms with Crippen LogP contribution in [0.25, 0.3) is 0 Å². The van der Waals surface area contributed by atoms with Crippen LogP contribution in [-0.4, -0.2) is 5.54 Å². The highest BCUT2D eigenvalue weighted by atomic mass is 127. The Hall–Kier alpha value is -0.0900. The van der Waals surface area contributed by atoms with Gasteiger partial charge in [-0.15, -0.1) is 0 Å². The lowest BCUT2D eigenvalue weighted by Crippen LogP contribution is -2.33. The molecule has 0 heterocycles. The molecule has 0 unspecified atom stereocenters. The Morgan fingerprint density at radius 2 is 1.35 bits per heavy atom. The van der Waals surface area contributed by atoms with Crippen LogP contribution in [0.2, 0.25) is 0 Å². The van der Waals surface area contributed by atoms with Crippen molar-refractivity contribution in [2.24, 2.45) is 5.41 Å². The van der Waals surface area contributed by atoms with Gasteiger partial charge >= 0.3 is 0 Å². The first kappa shape index (κ1) is 24.9. The smallest absolute Gasteiger partial charge is 0.0467 e. The van der Waals surface area contributed by atoms with Crippen molar-refractivity contribution in [2.45, 2.75) is 74.8 Å². The summed E-state index contributed by atoms with van der Waals surface area (Å²) in [5, 5.41) is 0. The molecule has 0 atom stereocenters. The Labute approximate surface area is 142 Å². The van der Waals surface area contributed by atoms with Crippen molar-refractivity contribution in [3.63, 3.8) is 0 Å². The van der Waals surface area contributed by atoms with Gasteiger partial charge < -0.3 is 0 Å². The van der Waals surface area contributed by atoms with Crippen molar-refractivity contribution in [2.75, 3.05) is 0 Å². The summed E-state index contributed by atoms with van der Waals surface area (Å²) in [5.41, 5.74) is 2.75. The second-order valence-corrected chi connectivity index (χ2v) is 6.18. The number of hydrogen-bond acceptors (Lipinski definition) is 1.